The largest absolute Gasteiger partial charge is 0.385 e. The van der Waals surface area contributed by atoms with Crippen molar-refractivity contribution in [3.05, 3.63) is 0 Å². The Bertz CT molecular complexity index is 81.6. The molecule has 0 aliphatic rings. The van der Waals surface area contributed by atoms with Gasteiger partial charge in [-0.05, 0) is 18.4 Å². The summed E-state index contributed by atoms with van der Waals surface area (Å²) in [5.74, 6) is 0. The maximum absolute atomic E-state index is 5.03. The first-order valence-corrected chi connectivity index (χ1v) is 4.32. The van der Waals surface area contributed by atoms with E-state index in [-0.39, 0.29) is 0 Å². The Balaban J connectivity index is 3.43. The van der Waals surface area contributed by atoms with Gasteiger partial charge >= 0.3 is 0 Å². The molecule has 11 heavy (non-hydrogen) atoms. The molecule has 0 aromatic carbocycles. The molecule has 0 radical (unpaired) electrons. The third kappa shape index (κ3) is 6.32. The lowest BCUT2D eigenvalue weighted by atomic mass is 9.90. The number of rotatable bonds is 6. The molecule has 0 heterocycles. The molecule has 0 rings (SSSR count). The van der Waals surface area contributed by atoms with E-state index >= 15 is 0 Å². The monoisotopic (exact) mass is 159 g/mol. The SMILES string of the molecule is CCNCC(C)(C)CCOC. The first-order chi connectivity index (χ1) is 5.12. The second-order valence-electron chi connectivity index (χ2n) is 3.69. The zero-order valence-electron chi connectivity index (χ0n) is 8.24. The number of nitrogens with one attached hydrogen (secondary N) is 1. The van der Waals surface area contributed by atoms with Crippen molar-refractivity contribution in [2.45, 2.75) is 27.2 Å². The number of hydrogen-bond acceptors (Lipinski definition) is 2. The van der Waals surface area contributed by atoms with Crippen molar-refractivity contribution in [3.8, 4) is 0 Å². The Morgan fingerprint density at radius 2 is 2.00 bits per heavy atom. The van der Waals surface area contributed by atoms with Gasteiger partial charge in [0.15, 0.2) is 0 Å². The predicted molar refractivity (Wildman–Crippen MR) is 48.8 cm³/mol. The van der Waals surface area contributed by atoms with Gasteiger partial charge in [-0.15, -0.1) is 0 Å². The van der Waals surface area contributed by atoms with Gasteiger partial charge in [-0.25, -0.2) is 0 Å². The summed E-state index contributed by atoms with van der Waals surface area (Å²) in [6.07, 6.45) is 1.12. The number of ether oxygens (including phenoxy) is 1. The summed E-state index contributed by atoms with van der Waals surface area (Å²) in [6.45, 7) is 9.64. The fourth-order valence-electron chi connectivity index (χ4n) is 0.930. The van der Waals surface area contributed by atoms with Crippen molar-refractivity contribution in [3.63, 3.8) is 0 Å². The summed E-state index contributed by atoms with van der Waals surface area (Å²) in [4.78, 5) is 0. The highest BCUT2D eigenvalue weighted by molar-refractivity contribution is 4.70. The molecular formula is C9H21NO. The molecule has 0 bridgehead atoms. The molecule has 0 aliphatic heterocycles. The molecule has 0 spiro atoms. The van der Waals surface area contributed by atoms with Gasteiger partial charge in [0.2, 0.25) is 0 Å². The van der Waals surface area contributed by atoms with Crippen LogP contribution in [0.3, 0.4) is 0 Å². The smallest absolute Gasteiger partial charge is 0.0467 e. The third-order valence-electron chi connectivity index (χ3n) is 1.84. The van der Waals surface area contributed by atoms with Crippen molar-refractivity contribution < 1.29 is 4.74 Å². The van der Waals surface area contributed by atoms with Crippen molar-refractivity contribution in [2.75, 3.05) is 26.8 Å². The topological polar surface area (TPSA) is 21.3 Å². The molecule has 2 heteroatoms. The predicted octanol–water partition coefficient (Wildman–Crippen LogP) is 1.66. The first-order valence-electron chi connectivity index (χ1n) is 4.32. The van der Waals surface area contributed by atoms with Gasteiger partial charge in [0.05, 0.1) is 0 Å². The highest BCUT2D eigenvalue weighted by atomic mass is 16.5. The van der Waals surface area contributed by atoms with Crippen molar-refractivity contribution >= 4 is 0 Å². The zero-order chi connectivity index (χ0) is 8.74. The molecule has 0 saturated carbocycles. The fraction of sp³-hybridized carbons (Fsp3) is 1.00. The Kier molecular flexibility index (Phi) is 5.51. The van der Waals surface area contributed by atoms with Gasteiger partial charge in [-0.2, -0.15) is 0 Å². The molecule has 0 atom stereocenters. The average Bonchev–Trinajstić information content (AvgIpc) is 1.97. The van der Waals surface area contributed by atoms with E-state index in [9.17, 15) is 0 Å². The molecule has 0 fully saturated rings. The van der Waals surface area contributed by atoms with Gasteiger partial charge in [0.1, 0.15) is 0 Å². The molecule has 0 saturated heterocycles. The van der Waals surface area contributed by atoms with Crippen LogP contribution in [0.25, 0.3) is 0 Å². The number of methoxy groups -OCH3 is 1. The minimum absolute atomic E-state index is 0.367. The second kappa shape index (κ2) is 5.56. The van der Waals surface area contributed by atoms with Crippen LogP contribution < -0.4 is 5.32 Å². The lowest BCUT2D eigenvalue weighted by Crippen LogP contribution is -2.30. The Morgan fingerprint density at radius 1 is 1.36 bits per heavy atom. The molecule has 0 aromatic heterocycles. The second-order valence-corrected chi connectivity index (χ2v) is 3.69. The van der Waals surface area contributed by atoms with Crippen LogP contribution >= 0.6 is 0 Å². The molecule has 68 valence electrons. The van der Waals surface area contributed by atoms with Crippen LogP contribution in [-0.2, 0) is 4.74 Å². The van der Waals surface area contributed by atoms with E-state index in [2.05, 4.69) is 26.1 Å². The third-order valence-corrected chi connectivity index (χ3v) is 1.84. The molecule has 1 N–H and O–H groups in total. The lowest BCUT2D eigenvalue weighted by molar-refractivity contribution is 0.151. The van der Waals surface area contributed by atoms with Crippen LogP contribution in [0.2, 0.25) is 0 Å². The number of hydrogen-bond donors (Lipinski definition) is 1. The van der Waals surface area contributed by atoms with Crippen molar-refractivity contribution in [2.24, 2.45) is 5.41 Å². The van der Waals surface area contributed by atoms with Gasteiger partial charge in [-0.3, -0.25) is 0 Å². The molecule has 0 aromatic rings. The highest BCUT2D eigenvalue weighted by Gasteiger charge is 2.15. The van der Waals surface area contributed by atoms with Crippen molar-refractivity contribution in [1.82, 2.24) is 5.32 Å². The van der Waals surface area contributed by atoms with Crippen LogP contribution in [-0.4, -0.2) is 26.8 Å². The summed E-state index contributed by atoms with van der Waals surface area (Å²) < 4.78 is 5.03. The quantitative estimate of drug-likeness (QED) is 0.636. The minimum atomic E-state index is 0.367. The molecule has 0 aliphatic carbocycles. The molecule has 0 amide bonds. The summed E-state index contributed by atoms with van der Waals surface area (Å²) in [6, 6.07) is 0. The summed E-state index contributed by atoms with van der Waals surface area (Å²) in [5, 5.41) is 3.34. The van der Waals surface area contributed by atoms with Crippen LogP contribution in [0.15, 0.2) is 0 Å². The van der Waals surface area contributed by atoms with Gasteiger partial charge < -0.3 is 10.1 Å². The van der Waals surface area contributed by atoms with E-state index in [1.54, 1.807) is 7.11 Å². The Labute approximate surface area is 70.3 Å². The fourth-order valence-corrected chi connectivity index (χ4v) is 0.930. The van der Waals surface area contributed by atoms with Crippen molar-refractivity contribution in [1.29, 1.82) is 0 Å². The molecule has 0 unspecified atom stereocenters. The van der Waals surface area contributed by atoms with Crippen LogP contribution in [0, 0.1) is 5.41 Å². The highest BCUT2D eigenvalue weighted by Crippen LogP contribution is 2.18. The van der Waals surface area contributed by atoms with E-state index in [0.29, 0.717) is 5.41 Å². The average molecular weight is 159 g/mol. The van der Waals surface area contributed by atoms with Gasteiger partial charge in [0, 0.05) is 20.3 Å². The van der Waals surface area contributed by atoms with Crippen LogP contribution in [0.4, 0.5) is 0 Å². The standard InChI is InChI=1S/C9H21NO/c1-5-10-8-9(2,3)6-7-11-4/h10H,5-8H2,1-4H3. The maximum Gasteiger partial charge on any atom is 0.0467 e. The maximum atomic E-state index is 5.03. The van der Waals surface area contributed by atoms with E-state index in [0.717, 1.165) is 26.1 Å². The Hall–Kier alpha value is -0.0800. The van der Waals surface area contributed by atoms with Crippen LogP contribution in [0.1, 0.15) is 27.2 Å². The molecular weight excluding hydrogens is 138 g/mol. The van der Waals surface area contributed by atoms with E-state index in [1.165, 1.54) is 0 Å². The van der Waals surface area contributed by atoms with E-state index in [1.807, 2.05) is 0 Å². The van der Waals surface area contributed by atoms with Gasteiger partial charge in [0.25, 0.3) is 0 Å². The lowest BCUT2D eigenvalue weighted by Gasteiger charge is -2.24. The summed E-state index contributed by atoms with van der Waals surface area (Å²) >= 11 is 0. The van der Waals surface area contributed by atoms with E-state index < -0.39 is 0 Å². The Morgan fingerprint density at radius 3 is 2.45 bits per heavy atom. The summed E-state index contributed by atoms with van der Waals surface area (Å²) in [7, 11) is 1.75. The van der Waals surface area contributed by atoms with Gasteiger partial charge in [-0.1, -0.05) is 20.8 Å². The van der Waals surface area contributed by atoms with Crippen LogP contribution in [0.5, 0.6) is 0 Å². The minimum Gasteiger partial charge on any atom is -0.385 e. The normalized spacial score (nSPS) is 12.0. The van der Waals surface area contributed by atoms with E-state index in [4.69, 9.17) is 4.74 Å². The molecule has 2 nitrogen and oxygen atoms in total. The summed E-state index contributed by atoms with van der Waals surface area (Å²) in [5.41, 5.74) is 0.367. The zero-order valence-corrected chi connectivity index (χ0v) is 8.24. The first kappa shape index (κ1) is 10.9.